The van der Waals surface area contributed by atoms with Gasteiger partial charge >= 0.3 is 0 Å². The molecule has 0 bridgehead atoms. The van der Waals surface area contributed by atoms with E-state index in [1.807, 2.05) is 72.0 Å². The third kappa shape index (κ3) is 4.55. The number of hydrogen-bond donors (Lipinski definition) is 1. The molecule has 0 aliphatic carbocycles. The van der Waals surface area contributed by atoms with Crippen LogP contribution in [0.25, 0.3) is 21.9 Å². The minimum Gasteiger partial charge on any atom is -0.401 e. The summed E-state index contributed by atoms with van der Waals surface area (Å²) in [6.45, 7) is 6.78. The maximum absolute atomic E-state index is 13.8. The van der Waals surface area contributed by atoms with Crippen LogP contribution in [-0.2, 0) is 13.1 Å². The van der Waals surface area contributed by atoms with Gasteiger partial charge in [-0.25, -0.2) is 19.6 Å². The lowest BCUT2D eigenvalue weighted by atomic mass is 10.2. The molecule has 0 amide bonds. The van der Waals surface area contributed by atoms with Crippen LogP contribution in [0, 0.1) is 10.5 Å². The van der Waals surface area contributed by atoms with Crippen molar-refractivity contribution < 1.29 is 0 Å². The summed E-state index contributed by atoms with van der Waals surface area (Å²) in [5.41, 5.74) is 9.88. The minimum absolute atomic E-state index is 0.152. The molecular formula is C26H25IN8O. The summed E-state index contributed by atoms with van der Waals surface area (Å²) >= 11 is 2.30. The summed E-state index contributed by atoms with van der Waals surface area (Å²) in [7, 11) is 1.88. The number of para-hydroxylation sites is 1. The Kier molecular flexibility index (Phi) is 6.44. The van der Waals surface area contributed by atoms with Crippen LogP contribution in [0.5, 0.6) is 0 Å². The standard InChI is InChI=1S/C26H25IN8O/c1-16(28)13-33(3)26-32-22-12-29-35(15-23-30-17(2)19-9-5-7-11-21(19)31-23)25(36)24(22)34(26)14-18-8-4-6-10-20(18)27/h4-12H,1,13-15,28H2,2-3H3. The molecule has 36 heavy (non-hydrogen) atoms. The largest absolute Gasteiger partial charge is 0.401 e. The molecule has 0 aliphatic rings. The van der Waals surface area contributed by atoms with Crippen LogP contribution in [0.15, 0.2) is 71.8 Å². The number of anilines is 1. The molecule has 2 N–H and O–H groups in total. The highest BCUT2D eigenvalue weighted by atomic mass is 127. The van der Waals surface area contributed by atoms with E-state index in [0.29, 0.717) is 41.6 Å². The van der Waals surface area contributed by atoms with Gasteiger partial charge in [-0.3, -0.25) is 4.79 Å². The summed E-state index contributed by atoms with van der Waals surface area (Å²) in [6, 6.07) is 15.9. The Labute approximate surface area is 221 Å². The van der Waals surface area contributed by atoms with Crippen molar-refractivity contribution in [2.75, 3.05) is 18.5 Å². The van der Waals surface area contributed by atoms with Gasteiger partial charge in [-0.2, -0.15) is 5.10 Å². The molecule has 182 valence electrons. The van der Waals surface area contributed by atoms with Crippen molar-refractivity contribution >= 4 is 50.5 Å². The normalized spacial score (nSPS) is 11.3. The fourth-order valence-electron chi connectivity index (χ4n) is 4.30. The molecule has 0 saturated carbocycles. The Hall–Kier alpha value is -3.80. The Morgan fingerprint density at radius 1 is 1.06 bits per heavy atom. The summed E-state index contributed by atoms with van der Waals surface area (Å²) < 4.78 is 4.41. The van der Waals surface area contributed by atoms with Gasteiger partial charge < -0.3 is 15.2 Å². The van der Waals surface area contributed by atoms with Crippen molar-refractivity contribution in [2.24, 2.45) is 5.73 Å². The fraction of sp³-hybridized carbons (Fsp3) is 0.192. The molecule has 2 aromatic carbocycles. The van der Waals surface area contributed by atoms with Gasteiger partial charge in [-0.15, -0.1) is 0 Å². The Balaban J connectivity index is 1.63. The van der Waals surface area contributed by atoms with Gasteiger partial charge in [0.15, 0.2) is 5.82 Å². The molecule has 0 radical (unpaired) electrons. The number of nitrogens with two attached hydrogens (primary N) is 1. The Bertz CT molecular complexity index is 1670. The highest BCUT2D eigenvalue weighted by Gasteiger charge is 2.20. The molecule has 0 fully saturated rings. The first-order chi connectivity index (χ1) is 17.3. The number of aromatic nitrogens is 6. The van der Waals surface area contributed by atoms with Gasteiger partial charge in [0.1, 0.15) is 17.6 Å². The lowest BCUT2D eigenvalue weighted by molar-refractivity contribution is 0.617. The first-order valence-electron chi connectivity index (χ1n) is 11.4. The number of fused-ring (bicyclic) bond motifs is 2. The lowest BCUT2D eigenvalue weighted by Crippen LogP contribution is -2.28. The molecule has 0 aliphatic heterocycles. The van der Waals surface area contributed by atoms with E-state index in [-0.39, 0.29) is 12.1 Å². The summed E-state index contributed by atoms with van der Waals surface area (Å²) in [5.74, 6) is 1.14. The van der Waals surface area contributed by atoms with E-state index in [2.05, 4.69) is 44.2 Å². The van der Waals surface area contributed by atoms with Crippen LogP contribution in [0.2, 0.25) is 0 Å². The maximum Gasteiger partial charge on any atom is 0.293 e. The highest BCUT2D eigenvalue weighted by molar-refractivity contribution is 14.1. The molecule has 9 nitrogen and oxygen atoms in total. The summed E-state index contributed by atoms with van der Waals surface area (Å²) in [6.07, 6.45) is 1.62. The molecule has 10 heteroatoms. The first-order valence-corrected chi connectivity index (χ1v) is 12.5. The highest BCUT2D eigenvalue weighted by Crippen LogP contribution is 2.23. The van der Waals surface area contributed by atoms with E-state index in [1.54, 1.807) is 6.20 Å². The SMILES string of the molecule is C=C(N)CN(C)c1nc2cnn(Cc3nc(C)c4ccccc4n3)c(=O)c2n1Cc1ccccc1I. The number of hydrogen-bond acceptors (Lipinski definition) is 7. The molecule has 0 spiro atoms. The second-order valence-electron chi connectivity index (χ2n) is 8.69. The van der Waals surface area contributed by atoms with Crippen LogP contribution < -0.4 is 16.2 Å². The molecular weight excluding hydrogens is 567 g/mol. The fourth-order valence-corrected chi connectivity index (χ4v) is 4.86. The van der Waals surface area contributed by atoms with Gasteiger partial charge in [0.25, 0.3) is 5.56 Å². The summed E-state index contributed by atoms with van der Waals surface area (Å²) in [4.78, 5) is 29.7. The number of rotatable bonds is 7. The monoisotopic (exact) mass is 592 g/mol. The van der Waals surface area contributed by atoms with Crippen LogP contribution >= 0.6 is 22.6 Å². The average molecular weight is 592 g/mol. The maximum atomic E-state index is 13.8. The van der Waals surface area contributed by atoms with Crippen molar-refractivity contribution in [3.63, 3.8) is 0 Å². The van der Waals surface area contributed by atoms with Gasteiger partial charge in [-0.05, 0) is 47.2 Å². The Morgan fingerprint density at radius 2 is 1.81 bits per heavy atom. The quantitative estimate of drug-likeness (QED) is 0.289. The predicted molar refractivity (Wildman–Crippen MR) is 150 cm³/mol. The first kappa shape index (κ1) is 23.9. The molecule has 3 heterocycles. The second-order valence-corrected chi connectivity index (χ2v) is 9.85. The van der Waals surface area contributed by atoms with E-state index < -0.39 is 0 Å². The van der Waals surface area contributed by atoms with Gasteiger partial charge in [0, 0.05) is 27.4 Å². The topological polar surface area (TPSA) is 108 Å². The van der Waals surface area contributed by atoms with Crippen LogP contribution in [-0.4, -0.2) is 42.9 Å². The molecule has 3 aromatic heterocycles. The van der Waals surface area contributed by atoms with E-state index in [0.717, 1.165) is 25.7 Å². The van der Waals surface area contributed by atoms with Gasteiger partial charge in [0.2, 0.25) is 5.95 Å². The lowest BCUT2D eigenvalue weighted by Gasteiger charge is -2.20. The zero-order valence-electron chi connectivity index (χ0n) is 20.0. The number of likely N-dealkylation sites (N-methyl/N-ethyl adjacent to an activating group) is 1. The number of nitrogens with zero attached hydrogens (tertiary/aromatic N) is 7. The molecule has 0 saturated heterocycles. The number of aryl methyl sites for hydroxylation is 1. The van der Waals surface area contributed by atoms with Crippen molar-refractivity contribution in [1.82, 2.24) is 29.3 Å². The van der Waals surface area contributed by atoms with E-state index in [9.17, 15) is 4.79 Å². The van der Waals surface area contributed by atoms with Crippen molar-refractivity contribution in [3.05, 3.63) is 98.0 Å². The third-order valence-electron chi connectivity index (χ3n) is 5.93. The van der Waals surface area contributed by atoms with E-state index in [4.69, 9.17) is 10.7 Å². The zero-order valence-corrected chi connectivity index (χ0v) is 22.2. The van der Waals surface area contributed by atoms with Crippen LogP contribution in [0.1, 0.15) is 17.1 Å². The summed E-state index contributed by atoms with van der Waals surface area (Å²) in [5, 5.41) is 5.38. The van der Waals surface area contributed by atoms with Crippen molar-refractivity contribution in [1.29, 1.82) is 0 Å². The predicted octanol–water partition coefficient (Wildman–Crippen LogP) is 3.45. The minimum atomic E-state index is -0.258. The molecule has 0 atom stereocenters. The van der Waals surface area contributed by atoms with Gasteiger partial charge in [-0.1, -0.05) is 43.0 Å². The average Bonchev–Trinajstić information content (AvgIpc) is 3.21. The van der Waals surface area contributed by atoms with Crippen molar-refractivity contribution in [2.45, 2.75) is 20.0 Å². The van der Waals surface area contributed by atoms with E-state index in [1.165, 1.54) is 4.68 Å². The van der Waals surface area contributed by atoms with Gasteiger partial charge in [0.05, 0.1) is 24.8 Å². The number of benzene rings is 2. The Morgan fingerprint density at radius 3 is 2.58 bits per heavy atom. The second kappa shape index (κ2) is 9.69. The van der Waals surface area contributed by atoms with Crippen LogP contribution in [0.3, 0.4) is 0 Å². The smallest absolute Gasteiger partial charge is 0.293 e. The van der Waals surface area contributed by atoms with Crippen LogP contribution in [0.4, 0.5) is 5.95 Å². The number of imidazole rings is 1. The number of halogens is 1. The zero-order chi connectivity index (χ0) is 25.4. The van der Waals surface area contributed by atoms with Crippen molar-refractivity contribution in [3.8, 4) is 0 Å². The van der Waals surface area contributed by atoms with E-state index >= 15 is 0 Å². The molecule has 5 aromatic rings. The molecule has 0 unspecified atom stereocenters. The third-order valence-corrected chi connectivity index (χ3v) is 6.98. The molecule has 5 rings (SSSR count).